The van der Waals surface area contributed by atoms with Crippen LogP contribution >= 0.6 is 0 Å². The lowest BCUT2D eigenvalue weighted by Gasteiger charge is -2.15. The maximum Gasteiger partial charge on any atom is 0.239 e. The number of likely N-dealkylation sites (N-methyl/N-ethyl adjacent to an activating group) is 1. The molecule has 1 N–H and O–H groups in total. The summed E-state index contributed by atoms with van der Waals surface area (Å²) in [6.07, 6.45) is 0. The van der Waals surface area contributed by atoms with Crippen molar-refractivity contribution in [1.29, 1.82) is 0 Å². The van der Waals surface area contributed by atoms with Crippen LogP contribution in [0.2, 0.25) is 0 Å². The Hall–Kier alpha value is -2.10. The summed E-state index contributed by atoms with van der Waals surface area (Å²) in [6, 6.07) is 7.18. The highest BCUT2D eigenvalue weighted by Gasteiger charge is 2.10. The van der Waals surface area contributed by atoms with Gasteiger partial charge in [0.25, 0.3) is 0 Å². The van der Waals surface area contributed by atoms with Gasteiger partial charge in [0.05, 0.1) is 5.52 Å². The number of nitrogens with zero attached hydrogens (tertiary/aromatic N) is 1. The van der Waals surface area contributed by atoms with E-state index in [1.165, 1.54) is 0 Å². The van der Waals surface area contributed by atoms with Gasteiger partial charge in [-0.2, -0.15) is 0 Å². The van der Waals surface area contributed by atoms with E-state index in [2.05, 4.69) is 5.32 Å². The lowest BCUT2D eigenvalue weighted by Crippen LogP contribution is -2.26. The van der Waals surface area contributed by atoms with Crippen molar-refractivity contribution in [2.45, 2.75) is 20.4 Å². The van der Waals surface area contributed by atoms with Gasteiger partial charge >= 0.3 is 0 Å². The first-order valence-electron chi connectivity index (χ1n) is 5.85. The Kier molecular flexibility index (Phi) is 3.19. The number of aryl methyl sites for hydroxylation is 2. The number of fused-ring (bicyclic) bond motifs is 1. The van der Waals surface area contributed by atoms with Gasteiger partial charge in [-0.25, -0.2) is 0 Å². The normalized spacial score (nSPS) is 10.6. The summed E-state index contributed by atoms with van der Waals surface area (Å²) in [5, 5.41) is 3.26. The zero-order valence-corrected chi connectivity index (χ0v) is 10.8. The summed E-state index contributed by atoms with van der Waals surface area (Å²) in [4.78, 5) is 23.5. The van der Waals surface area contributed by atoms with E-state index in [9.17, 15) is 9.59 Å². The number of carbonyl (C=O) groups excluding carboxylic acids is 1. The van der Waals surface area contributed by atoms with Gasteiger partial charge < -0.3 is 9.88 Å². The number of hydrogen-bond donors (Lipinski definition) is 1. The fraction of sp³-hybridized carbons (Fsp3) is 0.286. The number of carbonyl (C=O) groups is 1. The molecule has 0 bridgehead atoms. The molecule has 0 fully saturated rings. The van der Waals surface area contributed by atoms with Gasteiger partial charge in [-0.1, -0.05) is 12.1 Å². The monoisotopic (exact) mass is 244 g/mol. The van der Waals surface area contributed by atoms with Gasteiger partial charge in [-0.15, -0.1) is 0 Å². The van der Waals surface area contributed by atoms with E-state index >= 15 is 0 Å². The van der Waals surface area contributed by atoms with Gasteiger partial charge in [-0.05, 0) is 25.5 Å². The van der Waals surface area contributed by atoms with Crippen molar-refractivity contribution in [2.24, 2.45) is 0 Å². The lowest BCUT2D eigenvalue weighted by molar-refractivity contribution is -0.121. The Morgan fingerprint density at radius 3 is 2.72 bits per heavy atom. The number of pyridine rings is 1. The van der Waals surface area contributed by atoms with Crippen LogP contribution in [0.5, 0.6) is 0 Å². The Bertz CT molecular complexity index is 671. The van der Waals surface area contributed by atoms with Crippen LogP contribution in [-0.4, -0.2) is 17.5 Å². The second kappa shape index (κ2) is 4.64. The molecular formula is C14H16N2O2. The predicted molar refractivity (Wildman–Crippen MR) is 71.7 cm³/mol. The molecule has 2 rings (SSSR count). The predicted octanol–water partition coefficient (Wildman–Crippen LogP) is 1.36. The van der Waals surface area contributed by atoms with Crippen LogP contribution in [0.4, 0.5) is 0 Å². The molecule has 0 spiro atoms. The molecule has 1 amide bonds. The van der Waals surface area contributed by atoms with Crippen LogP contribution in [0.1, 0.15) is 11.3 Å². The van der Waals surface area contributed by atoms with Gasteiger partial charge in [0.15, 0.2) is 5.43 Å². The van der Waals surface area contributed by atoms with E-state index in [1.54, 1.807) is 19.2 Å². The van der Waals surface area contributed by atoms with Crippen LogP contribution in [-0.2, 0) is 11.3 Å². The Labute approximate surface area is 105 Å². The van der Waals surface area contributed by atoms with E-state index in [-0.39, 0.29) is 17.9 Å². The molecule has 0 aliphatic carbocycles. The third-order valence-corrected chi connectivity index (χ3v) is 3.12. The van der Waals surface area contributed by atoms with Crippen molar-refractivity contribution in [3.05, 3.63) is 45.7 Å². The summed E-state index contributed by atoms with van der Waals surface area (Å²) in [5.41, 5.74) is 2.63. The fourth-order valence-corrected chi connectivity index (χ4v) is 2.16. The van der Waals surface area contributed by atoms with Crippen LogP contribution in [0.15, 0.2) is 29.1 Å². The summed E-state index contributed by atoms with van der Waals surface area (Å²) >= 11 is 0. The molecule has 4 heteroatoms. The van der Waals surface area contributed by atoms with Crippen LogP contribution in [0, 0.1) is 13.8 Å². The summed E-state index contributed by atoms with van der Waals surface area (Å²) in [5.74, 6) is -0.0775. The van der Waals surface area contributed by atoms with Crippen molar-refractivity contribution < 1.29 is 4.79 Å². The minimum atomic E-state index is -0.0775. The topological polar surface area (TPSA) is 51.1 Å². The maximum atomic E-state index is 11.9. The standard InChI is InChI=1S/C14H16N2O2/c1-9-5-4-6-11-12(17)7-10(2)16(14(9)11)8-13(18)15-3/h4-7H,8H2,1-3H3,(H,15,18). The SMILES string of the molecule is CNC(=O)Cn1c(C)cc(=O)c2cccc(C)c21. The molecular weight excluding hydrogens is 228 g/mol. The molecule has 1 heterocycles. The van der Waals surface area contributed by atoms with Crippen molar-refractivity contribution in [1.82, 2.24) is 9.88 Å². The average molecular weight is 244 g/mol. The molecule has 18 heavy (non-hydrogen) atoms. The third kappa shape index (κ3) is 2.01. The number of benzene rings is 1. The highest BCUT2D eigenvalue weighted by molar-refractivity contribution is 5.84. The molecule has 0 aliphatic rings. The smallest absolute Gasteiger partial charge is 0.239 e. The molecule has 0 radical (unpaired) electrons. The van der Waals surface area contributed by atoms with E-state index in [0.717, 1.165) is 16.8 Å². The molecule has 0 aliphatic heterocycles. The first kappa shape index (κ1) is 12.4. The van der Waals surface area contributed by atoms with E-state index < -0.39 is 0 Å². The molecule has 0 saturated carbocycles. The van der Waals surface area contributed by atoms with Crippen LogP contribution in [0.25, 0.3) is 10.9 Å². The molecule has 0 unspecified atom stereocenters. The minimum absolute atomic E-state index is 0.000596. The first-order valence-corrected chi connectivity index (χ1v) is 5.85. The molecule has 1 aromatic heterocycles. The van der Waals surface area contributed by atoms with Gasteiger partial charge in [0.1, 0.15) is 6.54 Å². The van der Waals surface area contributed by atoms with E-state index in [0.29, 0.717) is 5.39 Å². The quantitative estimate of drug-likeness (QED) is 0.867. The molecule has 0 saturated heterocycles. The Morgan fingerprint density at radius 2 is 2.06 bits per heavy atom. The van der Waals surface area contributed by atoms with Crippen molar-refractivity contribution >= 4 is 16.8 Å². The number of rotatable bonds is 2. The molecule has 2 aromatic rings. The summed E-state index contributed by atoms with van der Waals surface area (Å²) in [6.45, 7) is 4.02. The minimum Gasteiger partial charge on any atom is -0.358 e. The van der Waals surface area contributed by atoms with Crippen molar-refractivity contribution in [2.75, 3.05) is 7.05 Å². The number of amides is 1. The first-order chi connectivity index (χ1) is 8.54. The number of nitrogens with one attached hydrogen (secondary N) is 1. The Morgan fingerprint density at radius 1 is 1.33 bits per heavy atom. The lowest BCUT2D eigenvalue weighted by atomic mass is 10.1. The number of aromatic nitrogens is 1. The fourth-order valence-electron chi connectivity index (χ4n) is 2.16. The van der Waals surface area contributed by atoms with Gasteiger partial charge in [0.2, 0.25) is 5.91 Å². The average Bonchev–Trinajstić information content (AvgIpc) is 2.34. The largest absolute Gasteiger partial charge is 0.358 e. The zero-order chi connectivity index (χ0) is 13.3. The van der Waals surface area contributed by atoms with Crippen LogP contribution in [0.3, 0.4) is 0 Å². The van der Waals surface area contributed by atoms with E-state index in [1.807, 2.05) is 30.5 Å². The third-order valence-electron chi connectivity index (χ3n) is 3.12. The number of hydrogen-bond acceptors (Lipinski definition) is 2. The Balaban J connectivity index is 2.79. The summed E-state index contributed by atoms with van der Waals surface area (Å²) in [7, 11) is 1.61. The zero-order valence-electron chi connectivity index (χ0n) is 10.8. The molecule has 4 nitrogen and oxygen atoms in total. The highest BCUT2D eigenvalue weighted by Crippen LogP contribution is 2.17. The second-order valence-electron chi connectivity index (χ2n) is 4.38. The van der Waals surface area contributed by atoms with Crippen molar-refractivity contribution in [3.63, 3.8) is 0 Å². The van der Waals surface area contributed by atoms with E-state index in [4.69, 9.17) is 0 Å². The van der Waals surface area contributed by atoms with Gasteiger partial charge in [-0.3, -0.25) is 9.59 Å². The molecule has 0 atom stereocenters. The second-order valence-corrected chi connectivity index (χ2v) is 4.38. The van der Waals surface area contributed by atoms with Gasteiger partial charge in [0, 0.05) is 24.2 Å². The highest BCUT2D eigenvalue weighted by atomic mass is 16.1. The summed E-state index contributed by atoms with van der Waals surface area (Å²) < 4.78 is 1.88. The molecule has 1 aromatic carbocycles. The molecule has 94 valence electrons. The van der Waals surface area contributed by atoms with Crippen LogP contribution < -0.4 is 10.7 Å². The number of para-hydroxylation sites is 1. The van der Waals surface area contributed by atoms with Crippen molar-refractivity contribution in [3.8, 4) is 0 Å². The maximum absolute atomic E-state index is 11.9.